The standard InChI is InChI=1S/C20H25N3O2/c24-20(21-13-15-5-2-1-3-6-15)22-16-11-17-8-9-18(12-16)23(17)14-19-7-4-10-25-19/h1-7,10,16-18H,8-9,11-14H2,(H2,21,22,24)/t16?,17-,18+. The van der Waals surface area contributed by atoms with E-state index in [1.165, 1.54) is 12.8 Å². The maximum Gasteiger partial charge on any atom is 0.315 e. The Morgan fingerprint density at radius 1 is 1.08 bits per heavy atom. The zero-order chi connectivity index (χ0) is 17.1. The first-order chi connectivity index (χ1) is 12.3. The van der Waals surface area contributed by atoms with E-state index in [2.05, 4.69) is 15.5 Å². The Bertz CT molecular complexity index is 672. The first-order valence-corrected chi connectivity index (χ1v) is 9.14. The molecule has 1 unspecified atom stereocenters. The summed E-state index contributed by atoms with van der Waals surface area (Å²) in [6.07, 6.45) is 6.22. The molecule has 132 valence electrons. The molecule has 0 aliphatic carbocycles. The van der Waals surface area contributed by atoms with E-state index < -0.39 is 0 Å². The van der Waals surface area contributed by atoms with Gasteiger partial charge >= 0.3 is 6.03 Å². The van der Waals surface area contributed by atoms with Crippen LogP contribution in [0, 0.1) is 0 Å². The fourth-order valence-corrected chi connectivity index (χ4v) is 4.25. The van der Waals surface area contributed by atoms with Crippen LogP contribution in [-0.4, -0.2) is 29.1 Å². The van der Waals surface area contributed by atoms with Gasteiger partial charge in [-0.15, -0.1) is 0 Å². The number of hydrogen-bond acceptors (Lipinski definition) is 3. The van der Waals surface area contributed by atoms with Crippen molar-refractivity contribution in [3.8, 4) is 0 Å². The maximum atomic E-state index is 12.2. The zero-order valence-corrected chi connectivity index (χ0v) is 14.4. The van der Waals surface area contributed by atoms with Gasteiger partial charge in [-0.3, -0.25) is 4.90 Å². The van der Waals surface area contributed by atoms with Crippen molar-refractivity contribution in [2.75, 3.05) is 0 Å². The molecule has 2 fully saturated rings. The number of hydrogen-bond donors (Lipinski definition) is 2. The van der Waals surface area contributed by atoms with Gasteiger partial charge in [0.1, 0.15) is 5.76 Å². The largest absolute Gasteiger partial charge is 0.468 e. The molecule has 2 N–H and O–H groups in total. The van der Waals surface area contributed by atoms with E-state index in [1.807, 2.05) is 42.5 Å². The smallest absolute Gasteiger partial charge is 0.315 e. The molecule has 5 heteroatoms. The predicted octanol–water partition coefficient (Wildman–Crippen LogP) is 3.27. The normalized spacial score (nSPS) is 25.7. The second-order valence-electron chi connectivity index (χ2n) is 7.12. The van der Waals surface area contributed by atoms with Crippen molar-refractivity contribution in [3.63, 3.8) is 0 Å². The van der Waals surface area contributed by atoms with Gasteiger partial charge in [0.15, 0.2) is 0 Å². The van der Waals surface area contributed by atoms with Gasteiger partial charge in [0.25, 0.3) is 0 Å². The number of rotatable bonds is 5. The van der Waals surface area contributed by atoms with Crippen LogP contribution in [-0.2, 0) is 13.1 Å². The molecule has 2 bridgehead atoms. The summed E-state index contributed by atoms with van der Waals surface area (Å²) < 4.78 is 5.50. The van der Waals surface area contributed by atoms with E-state index in [4.69, 9.17) is 4.42 Å². The van der Waals surface area contributed by atoms with Gasteiger partial charge in [-0.25, -0.2) is 4.79 Å². The Hall–Kier alpha value is -2.27. The van der Waals surface area contributed by atoms with Gasteiger partial charge in [-0.2, -0.15) is 0 Å². The van der Waals surface area contributed by atoms with Crippen LogP contribution in [0.15, 0.2) is 53.1 Å². The monoisotopic (exact) mass is 339 g/mol. The third-order valence-electron chi connectivity index (χ3n) is 5.43. The molecule has 1 aromatic carbocycles. The van der Waals surface area contributed by atoms with Gasteiger partial charge in [0.2, 0.25) is 0 Å². The minimum absolute atomic E-state index is 0.0623. The molecule has 2 amide bonds. The molecule has 1 aromatic heterocycles. The van der Waals surface area contributed by atoms with Crippen molar-refractivity contribution in [1.82, 2.24) is 15.5 Å². The van der Waals surface area contributed by atoms with Crippen LogP contribution < -0.4 is 10.6 Å². The van der Waals surface area contributed by atoms with Crippen LogP contribution in [0.2, 0.25) is 0 Å². The highest BCUT2D eigenvalue weighted by atomic mass is 16.3. The average molecular weight is 339 g/mol. The topological polar surface area (TPSA) is 57.5 Å². The van der Waals surface area contributed by atoms with Gasteiger partial charge in [-0.05, 0) is 43.4 Å². The quantitative estimate of drug-likeness (QED) is 0.879. The summed E-state index contributed by atoms with van der Waals surface area (Å²) in [5.74, 6) is 1.03. The number of benzene rings is 1. The lowest BCUT2D eigenvalue weighted by molar-refractivity contribution is 0.103. The number of amides is 2. The van der Waals surface area contributed by atoms with Gasteiger partial charge < -0.3 is 15.1 Å². The molecule has 5 nitrogen and oxygen atoms in total. The highest BCUT2D eigenvalue weighted by Crippen LogP contribution is 2.36. The third kappa shape index (κ3) is 3.87. The molecule has 3 heterocycles. The summed E-state index contributed by atoms with van der Waals surface area (Å²) in [7, 11) is 0. The van der Waals surface area contributed by atoms with Gasteiger partial charge in [0, 0.05) is 24.7 Å². The lowest BCUT2D eigenvalue weighted by Gasteiger charge is -2.38. The molecule has 2 aliphatic rings. The van der Waals surface area contributed by atoms with Crippen LogP contribution >= 0.6 is 0 Å². The van der Waals surface area contributed by atoms with Crippen LogP contribution in [0.4, 0.5) is 4.79 Å². The Morgan fingerprint density at radius 3 is 2.52 bits per heavy atom. The molecule has 3 atom stereocenters. The van der Waals surface area contributed by atoms with Crippen molar-refractivity contribution in [3.05, 3.63) is 60.1 Å². The molecule has 0 spiro atoms. The average Bonchev–Trinajstić information content (AvgIpc) is 3.21. The summed E-state index contributed by atoms with van der Waals surface area (Å²) in [6, 6.07) is 15.3. The second-order valence-corrected chi connectivity index (χ2v) is 7.12. The molecule has 2 saturated heterocycles. The Balaban J connectivity index is 1.27. The van der Waals surface area contributed by atoms with E-state index >= 15 is 0 Å². The Kier molecular flexibility index (Phi) is 4.74. The SMILES string of the molecule is O=C(NCc1ccccc1)NC1C[C@H]2CC[C@@H](C1)N2Cc1ccco1. The lowest BCUT2D eigenvalue weighted by atomic mass is 9.97. The molecule has 2 aromatic rings. The number of nitrogens with zero attached hydrogens (tertiary/aromatic N) is 1. The fraction of sp³-hybridized carbons (Fsp3) is 0.450. The number of piperidine rings is 1. The second kappa shape index (κ2) is 7.31. The number of furan rings is 1. The van der Waals surface area contributed by atoms with Crippen LogP contribution in [0.25, 0.3) is 0 Å². The highest BCUT2D eigenvalue weighted by molar-refractivity contribution is 5.74. The van der Waals surface area contributed by atoms with Crippen molar-refractivity contribution < 1.29 is 9.21 Å². The molecule has 0 saturated carbocycles. The van der Waals surface area contributed by atoms with Crippen LogP contribution in [0.3, 0.4) is 0 Å². The van der Waals surface area contributed by atoms with Crippen LogP contribution in [0.5, 0.6) is 0 Å². The number of urea groups is 1. The number of carbonyl (C=O) groups excluding carboxylic acids is 1. The van der Waals surface area contributed by atoms with Crippen LogP contribution in [0.1, 0.15) is 37.0 Å². The minimum atomic E-state index is -0.0623. The minimum Gasteiger partial charge on any atom is -0.468 e. The summed E-state index contributed by atoms with van der Waals surface area (Å²) in [5.41, 5.74) is 1.12. The molecule has 2 aliphatic heterocycles. The number of carbonyl (C=O) groups is 1. The predicted molar refractivity (Wildman–Crippen MR) is 95.9 cm³/mol. The molecular formula is C20H25N3O2. The summed E-state index contributed by atoms with van der Waals surface area (Å²) >= 11 is 0. The molecule has 25 heavy (non-hydrogen) atoms. The van der Waals surface area contributed by atoms with Crippen molar-refractivity contribution in [2.24, 2.45) is 0 Å². The lowest BCUT2D eigenvalue weighted by Crippen LogP contribution is -2.51. The summed E-state index contributed by atoms with van der Waals surface area (Å²) in [6.45, 7) is 1.45. The highest BCUT2D eigenvalue weighted by Gasteiger charge is 2.41. The fourth-order valence-electron chi connectivity index (χ4n) is 4.25. The van der Waals surface area contributed by atoms with E-state index in [9.17, 15) is 4.79 Å². The van der Waals surface area contributed by atoms with Gasteiger partial charge in [0.05, 0.1) is 12.8 Å². The number of nitrogens with one attached hydrogen (secondary N) is 2. The number of fused-ring (bicyclic) bond motifs is 2. The first-order valence-electron chi connectivity index (χ1n) is 9.14. The third-order valence-corrected chi connectivity index (χ3v) is 5.43. The van der Waals surface area contributed by atoms with Crippen molar-refractivity contribution in [1.29, 1.82) is 0 Å². The maximum absolute atomic E-state index is 12.2. The first kappa shape index (κ1) is 16.2. The summed E-state index contributed by atoms with van der Waals surface area (Å²) in [4.78, 5) is 14.8. The molecule has 4 rings (SSSR count). The summed E-state index contributed by atoms with van der Waals surface area (Å²) in [5, 5.41) is 6.13. The van der Waals surface area contributed by atoms with E-state index in [0.29, 0.717) is 18.6 Å². The van der Waals surface area contributed by atoms with Crippen molar-refractivity contribution >= 4 is 6.03 Å². The van der Waals surface area contributed by atoms with E-state index in [0.717, 1.165) is 30.7 Å². The Labute approximate surface area is 148 Å². The molecular weight excluding hydrogens is 314 g/mol. The van der Waals surface area contributed by atoms with Gasteiger partial charge in [-0.1, -0.05) is 30.3 Å². The Morgan fingerprint density at radius 2 is 1.84 bits per heavy atom. The van der Waals surface area contributed by atoms with Crippen molar-refractivity contribution in [2.45, 2.75) is 56.9 Å². The van der Waals surface area contributed by atoms with E-state index in [1.54, 1.807) is 6.26 Å². The zero-order valence-electron chi connectivity index (χ0n) is 14.4. The molecule has 0 radical (unpaired) electrons. The van der Waals surface area contributed by atoms with E-state index in [-0.39, 0.29) is 12.1 Å².